The maximum Gasteiger partial charge on any atom is 0.234 e. The lowest BCUT2D eigenvalue weighted by molar-refractivity contribution is -0.113. The first kappa shape index (κ1) is 23.0. The fourth-order valence-corrected chi connectivity index (χ4v) is 3.87. The summed E-state index contributed by atoms with van der Waals surface area (Å²) in [4.78, 5) is 12.3. The number of allylic oxidation sites excluding steroid dienone is 1. The van der Waals surface area contributed by atoms with Gasteiger partial charge in [0.15, 0.2) is 11.0 Å². The predicted molar refractivity (Wildman–Crippen MR) is 124 cm³/mol. The molecular weight excluding hydrogens is 483 g/mol. The fraction of sp³-hybridized carbons (Fsp3) is 0.227. The molecule has 0 radical (unpaired) electrons. The summed E-state index contributed by atoms with van der Waals surface area (Å²) >= 11 is 4.40. The van der Waals surface area contributed by atoms with Crippen LogP contribution in [0.2, 0.25) is 0 Å². The molecule has 1 amide bonds. The molecule has 0 aliphatic carbocycles. The number of ether oxygens (including phenoxy) is 1. The van der Waals surface area contributed by atoms with Crippen molar-refractivity contribution in [1.29, 1.82) is 0 Å². The number of carbonyl (C=O) groups excluding carboxylic acids is 1. The number of anilines is 1. The van der Waals surface area contributed by atoms with E-state index in [1.165, 1.54) is 23.9 Å². The molecule has 1 heterocycles. The van der Waals surface area contributed by atoms with E-state index in [1.54, 1.807) is 12.1 Å². The number of aromatic nitrogens is 3. The summed E-state index contributed by atoms with van der Waals surface area (Å²) in [5.74, 6) is 0.629. The number of hydrogen-bond donors (Lipinski definition) is 1. The van der Waals surface area contributed by atoms with Gasteiger partial charge in [-0.15, -0.1) is 16.8 Å². The third kappa shape index (κ3) is 5.95. The zero-order chi connectivity index (χ0) is 22.4. The predicted octanol–water partition coefficient (Wildman–Crippen LogP) is 5.29. The number of carbonyl (C=O) groups is 1. The monoisotopic (exact) mass is 504 g/mol. The van der Waals surface area contributed by atoms with Crippen LogP contribution in [0.25, 0.3) is 0 Å². The summed E-state index contributed by atoms with van der Waals surface area (Å²) in [6, 6.07) is 10.4. The van der Waals surface area contributed by atoms with Crippen LogP contribution in [0.15, 0.2) is 58.7 Å². The number of rotatable bonds is 9. The SMILES string of the molecule is C=CCn1c(COc2cccc(C)c2C)nnc1SCC(=O)Nc1ccc(Br)cc1F. The van der Waals surface area contributed by atoms with E-state index < -0.39 is 5.82 Å². The zero-order valence-electron chi connectivity index (χ0n) is 17.2. The molecule has 0 unspecified atom stereocenters. The van der Waals surface area contributed by atoms with E-state index in [1.807, 2.05) is 36.6 Å². The first-order valence-electron chi connectivity index (χ1n) is 9.48. The maximum atomic E-state index is 13.9. The Morgan fingerprint density at radius 3 is 2.87 bits per heavy atom. The molecule has 0 atom stereocenters. The van der Waals surface area contributed by atoms with Crippen molar-refractivity contribution >= 4 is 39.3 Å². The van der Waals surface area contributed by atoms with Crippen molar-refractivity contribution in [3.63, 3.8) is 0 Å². The molecule has 0 aliphatic heterocycles. The molecule has 1 N–H and O–H groups in total. The minimum atomic E-state index is -0.506. The Labute approximate surface area is 193 Å². The number of nitrogens with zero attached hydrogens (tertiary/aromatic N) is 3. The molecule has 0 spiro atoms. The van der Waals surface area contributed by atoms with Gasteiger partial charge >= 0.3 is 0 Å². The van der Waals surface area contributed by atoms with E-state index in [4.69, 9.17) is 4.74 Å². The van der Waals surface area contributed by atoms with Crippen LogP contribution in [0.3, 0.4) is 0 Å². The standard InChI is InChI=1S/C22H22BrFN4O2S/c1-4-10-28-20(12-30-19-7-5-6-14(2)15(19)3)26-27-22(28)31-13-21(29)25-18-9-8-16(23)11-17(18)24/h4-9,11H,1,10,12-13H2,2-3H3,(H,25,29). The van der Waals surface area contributed by atoms with Crippen molar-refractivity contribution in [2.75, 3.05) is 11.1 Å². The highest BCUT2D eigenvalue weighted by Gasteiger charge is 2.15. The molecule has 6 nitrogen and oxygen atoms in total. The molecule has 0 saturated carbocycles. The number of thioether (sulfide) groups is 1. The third-order valence-electron chi connectivity index (χ3n) is 4.55. The molecule has 0 aliphatic rings. The van der Waals surface area contributed by atoms with Gasteiger partial charge in [0.1, 0.15) is 18.2 Å². The highest BCUT2D eigenvalue weighted by Crippen LogP contribution is 2.24. The quantitative estimate of drug-likeness (QED) is 0.316. The normalized spacial score (nSPS) is 10.7. The fourth-order valence-electron chi connectivity index (χ4n) is 2.78. The largest absolute Gasteiger partial charge is 0.485 e. The summed E-state index contributed by atoms with van der Waals surface area (Å²) in [7, 11) is 0. The Bertz CT molecular complexity index is 1100. The number of amides is 1. The highest BCUT2D eigenvalue weighted by molar-refractivity contribution is 9.10. The highest BCUT2D eigenvalue weighted by atomic mass is 79.9. The molecular formula is C22H22BrFN4O2S. The third-order valence-corrected chi connectivity index (χ3v) is 6.01. The van der Waals surface area contributed by atoms with E-state index in [-0.39, 0.29) is 24.0 Å². The van der Waals surface area contributed by atoms with E-state index in [0.29, 0.717) is 22.0 Å². The van der Waals surface area contributed by atoms with Gasteiger partial charge in [-0.25, -0.2) is 4.39 Å². The van der Waals surface area contributed by atoms with E-state index in [2.05, 4.69) is 38.0 Å². The second-order valence-electron chi connectivity index (χ2n) is 6.75. The zero-order valence-corrected chi connectivity index (χ0v) is 19.6. The summed E-state index contributed by atoms with van der Waals surface area (Å²) < 4.78 is 22.3. The van der Waals surface area contributed by atoms with Crippen LogP contribution in [0.1, 0.15) is 17.0 Å². The average Bonchev–Trinajstić information content (AvgIpc) is 3.11. The molecule has 31 heavy (non-hydrogen) atoms. The minimum absolute atomic E-state index is 0.0582. The van der Waals surface area contributed by atoms with Gasteiger partial charge in [-0.3, -0.25) is 9.36 Å². The van der Waals surface area contributed by atoms with Gasteiger partial charge in [-0.05, 0) is 49.2 Å². The lowest BCUT2D eigenvalue weighted by Crippen LogP contribution is -2.16. The van der Waals surface area contributed by atoms with Gasteiger partial charge in [0.2, 0.25) is 5.91 Å². The van der Waals surface area contributed by atoms with E-state index in [0.717, 1.165) is 16.9 Å². The smallest absolute Gasteiger partial charge is 0.234 e. The van der Waals surface area contributed by atoms with Crippen LogP contribution < -0.4 is 10.1 Å². The summed E-state index contributed by atoms with van der Waals surface area (Å²) in [5.41, 5.74) is 2.35. The number of aryl methyl sites for hydroxylation is 1. The summed E-state index contributed by atoms with van der Waals surface area (Å²) in [6.07, 6.45) is 1.73. The Hall–Kier alpha value is -2.65. The molecule has 2 aromatic carbocycles. The first-order chi connectivity index (χ1) is 14.9. The average molecular weight is 505 g/mol. The molecule has 3 aromatic rings. The molecule has 162 valence electrons. The Morgan fingerprint density at radius 2 is 2.13 bits per heavy atom. The Morgan fingerprint density at radius 1 is 1.32 bits per heavy atom. The molecule has 0 fully saturated rings. The van der Waals surface area contributed by atoms with Gasteiger partial charge in [0.25, 0.3) is 0 Å². The van der Waals surface area contributed by atoms with Crippen molar-refractivity contribution in [2.45, 2.75) is 32.2 Å². The summed E-state index contributed by atoms with van der Waals surface area (Å²) in [5, 5.41) is 11.5. The van der Waals surface area contributed by atoms with E-state index >= 15 is 0 Å². The van der Waals surface area contributed by atoms with Crippen LogP contribution in [0, 0.1) is 19.7 Å². The van der Waals surface area contributed by atoms with Crippen LogP contribution in [-0.4, -0.2) is 26.4 Å². The van der Waals surface area contributed by atoms with Gasteiger partial charge in [0.05, 0.1) is 11.4 Å². The Kier molecular flexibility index (Phi) is 7.86. The molecule has 0 saturated heterocycles. The van der Waals surface area contributed by atoms with Gasteiger partial charge in [-0.2, -0.15) is 0 Å². The lowest BCUT2D eigenvalue weighted by atomic mass is 10.1. The van der Waals surface area contributed by atoms with Crippen molar-refractivity contribution in [2.24, 2.45) is 0 Å². The van der Waals surface area contributed by atoms with Crippen molar-refractivity contribution < 1.29 is 13.9 Å². The topological polar surface area (TPSA) is 69.0 Å². The van der Waals surface area contributed by atoms with Crippen LogP contribution in [0.4, 0.5) is 10.1 Å². The minimum Gasteiger partial charge on any atom is -0.485 e. The van der Waals surface area contributed by atoms with Crippen molar-refractivity contribution in [1.82, 2.24) is 14.8 Å². The van der Waals surface area contributed by atoms with Gasteiger partial charge < -0.3 is 10.1 Å². The van der Waals surface area contributed by atoms with Gasteiger partial charge in [0, 0.05) is 11.0 Å². The maximum absolute atomic E-state index is 13.9. The van der Waals surface area contributed by atoms with Gasteiger partial charge in [-0.1, -0.05) is 45.9 Å². The number of hydrogen-bond acceptors (Lipinski definition) is 5. The second kappa shape index (κ2) is 10.6. The van der Waals surface area contributed by atoms with Crippen LogP contribution in [-0.2, 0) is 17.9 Å². The molecule has 3 rings (SSSR count). The lowest BCUT2D eigenvalue weighted by Gasteiger charge is -2.12. The van der Waals surface area contributed by atoms with E-state index in [9.17, 15) is 9.18 Å². The number of halogens is 2. The van der Waals surface area contributed by atoms with Crippen LogP contribution in [0.5, 0.6) is 5.75 Å². The summed E-state index contributed by atoms with van der Waals surface area (Å²) in [6.45, 7) is 8.53. The first-order valence-corrected chi connectivity index (χ1v) is 11.3. The molecule has 9 heteroatoms. The number of nitrogens with one attached hydrogen (secondary N) is 1. The van der Waals surface area contributed by atoms with Crippen LogP contribution >= 0.6 is 27.7 Å². The second-order valence-corrected chi connectivity index (χ2v) is 8.60. The molecule has 1 aromatic heterocycles. The number of benzene rings is 2. The van der Waals surface area contributed by atoms with Crippen molar-refractivity contribution in [3.8, 4) is 5.75 Å². The Balaban J connectivity index is 1.64. The van der Waals surface area contributed by atoms with Crippen molar-refractivity contribution in [3.05, 3.63) is 76.3 Å². The molecule has 0 bridgehead atoms.